The van der Waals surface area contributed by atoms with E-state index in [0.29, 0.717) is 22.8 Å². The summed E-state index contributed by atoms with van der Waals surface area (Å²) in [7, 11) is 0. The standard InChI is InChI=1S/C47H33N7.Pt/c1-31-15-8-9-20-39(31)47-51-50-46(54(47)45-32(2)16-14-17-33(45)3)34-27-35(48-4)29-38(28-34)52(36-18-6-5-7-19-36)37-24-25-41-40-21-10-11-22-42(40)53(43(41)30-37)44-23-12-13-26-49-44;/h5-27,29H,1-3H3;/q-2;+2. The topological polar surface area (TPSA) is 56.1 Å². The second kappa shape index (κ2) is 14.7. The first-order valence-corrected chi connectivity index (χ1v) is 17.8. The third-order valence-electron chi connectivity index (χ3n) is 9.86. The Morgan fingerprint density at radius 1 is 0.618 bits per heavy atom. The van der Waals surface area contributed by atoms with Gasteiger partial charge < -0.3 is 14.0 Å². The van der Waals surface area contributed by atoms with Gasteiger partial charge in [-0.1, -0.05) is 96.1 Å². The molecule has 0 spiro atoms. The molecule has 9 aromatic rings. The van der Waals surface area contributed by atoms with Gasteiger partial charge in [0.25, 0.3) is 0 Å². The largest absolute Gasteiger partial charge is 2.00 e. The summed E-state index contributed by atoms with van der Waals surface area (Å²) in [5.74, 6) is 2.13. The molecule has 6 aromatic carbocycles. The molecule has 3 aromatic heterocycles. The fraction of sp³-hybridized carbons (Fsp3) is 0.0638. The number of nitrogens with zero attached hydrogens (tertiary/aromatic N) is 7. The van der Waals surface area contributed by atoms with Crippen molar-refractivity contribution in [3.63, 3.8) is 0 Å². The van der Waals surface area contributed by atoms with Crippen LogP contribution in [0.25, 0.3) is 60.9 Å². The van der Waals surface area contributed by atoms with E-state index in [4.69, 9.17) is 21.8 Å². The molecule has 0 N–H and O–H groups in total. The van der Waals surface area contributed by atoms with Crippen LogP contribution in [0.5, 0.6) is 0 Å². The maximum absolute atomic E-state index is 8.23. The molecule has 0 aliphatic carbocycles. The Hall–Kier alpha value is -6.61. The van der Waals surface area contributed by atoms with Crippen LogP contribution in [-0.4, -0.2) is 24.3 Å². The molecule has 0 aliphatic heterocycles. The molecule has 0 atom stereocenters. The van der Waals surface area contributed by atoms with Gasteiger partial charge in [0.2, 0.25) is 0 Å². The van der Waals surface area contributed by atoms with E-state index in [0.717, 1.165) is 72.8 Å². The third kappa shape index (κ3) is 6.21. The third-order valence-corrected chi connectivity index (χ3v) is 9.86. The minimum absolute atomic E-state index is 0. The van der Waals surface area contributed by atoms with E-state index in [-0.39, 0.29) is 21.1 Å². The van der Waals surface area contributed by atoms with Gasteiger partial charge in [-0.05, 0) is 78.9 Å². The van der Waals surface area contributed by atoms with Crippen molar-refractivity contribution in [2.75, 3.05) is 4.90 Å². The van der Waals surface area contributed by atoms with Gasteiger partial charge in [-0.15, -0.1) is 46.4 Å². The van der Waals surface area contributed by atoms with Crippen LogP contribution >= 0.6 is 0 Å². The smallest absolute Gasteiger partial charge is 0.354 e. The first kappa shape index (κ1) is 35.4. The van der Waals surface area contributed by atoms with Crippen molar-refractivity contribution < 1.29 is 21.1 Å². The van der Waals surface area contributed by atoms with Crippen molar-refractivity contribution in [3.05, 3.63) is 186 Å². The van der Waals surface area contributed by atoms with Gasteiger partial charge in [-0.2, -0.15) is 11.2 Å². The molecular formula is C47H33N7Pt. The van der Waals surface area contributed by atoms with Crippen LogP contribution in [0.4, 0.5) is 22.7 Å². The molecule has 0 aliphatic rings. The summed E-state index contributed by atoms with van der Waals surface area (Å²) >= 11 is 0. The summed E-state index contributed by atoms with van der Waals surface area (Å²) in [6, 6.07) is 54.3. The summed E-state index contributed by atoms with van der Waals surface area (Å²) in [4.78, 5) is 10.8. The maximum Gasteiger partial charge on any atom is 2.00 e. The maximum atomic E-state index is 8.23. The Morgan fingerprint density at radius 3 is 2.09 bits per heavy atom. The SMILES string of the molecule is [C-]#[N+]c1cc(-c2nnc(-c3ccccc3C)n2-c2c(C)cccc2C)[c-]c(N(c2[c-]c3c(cc2)c2ccccc2n3-c2ccccn2)c2ccccc2)c1.[Pt+2]. The van der Waals surface area contributed by atoms with Crippen LogP contribution in [-0.2, 0) is 21.1 Å². The fourth-order valence-electron chi connectivity index (χ4n) is 7.39. The van der Waals surface area contributed by atoms with Gasteiger partial charge in [0.15, 0.2) is 5.82 Å². The number of rotatable bonds is 7. The molecule has 266 valence electrons. The van der Waals surface area contributed by atoms with E-state index in [9.17, 15) is 0 Å². The van der Waals surface area contributed by atoms with Gasteiger partial charge in [0.1, 0.15) is 11.5 Å². The number of hydrogen-bond acceptors (Lipinski definition) is 4. The molecule has 0 saturated heterocycles. The van der Waals surface area contributed by atoms with Crippen LogP contribution in [0, 0.1) is 39.5 Å². The van der Waals surface area contributed by atoms with Gasteiger partial charge in [-0.3, -0.25) is 4.85 Å². The molecule has 8 heteroatoms. The van der Waals surface area contributed by atoms with Crippen molar-refractivity contribution in [2.45, 2.75) is 20.8 Å². The molecule has 0 bridgehead atoms. The van der Waals surface area contributed by atoms with Crippen LogP contribution < -0.4 is 4.90 Å². The average molecular weight is 891 g/mol. The molecule has 3 heterocycles. The monoisotopic (exact) mass is 890 g/mol. The quantitative estimate of drug-likeness (QED) is 0.150. The summed E-state index contributed by atoms with van der Waals surface area (Å²) < 4.78 is 4.27. The van der Waals surface area contributed by atoms with E-state index in [1.54, 1.807) is 0 Å². The van der Waals surface area contributed by atoms with Crippen molar-refractivity contribution in [3.8, 4) is 34.3 Å². The van der Waals surface area contributed by atoms with Crippen LogP contribution in [0.3, 0.4) is 0 Å². The van der Waals surface area contributed by atoms with E-state index in [1.807, 2.05) is 72.9 Å². The zero-order valence-corrected chi connectivity index (χ0v) is 32.6. The van der Waals surface area contributed by atoms with Crippen LogP contribution in [0.1, 0.15) is 16.7 Å². The Bertz CT molecular complexity index is 2870. The van der Waals surface area contributed by atoms with Crippen molar-refractivity contribution in [2.24, 2.45) is 0 Å². The number of pyridine rings is 1. The van der Waals surface area contributed by atoms with E-state index in [2.05, 4.69) is 125 Å². The first-order chi connectivity index (χ1) is 26.5. The minimum atomic E-state index is 0. The van der Waals surface area contributed by atoms with Crippen LogP contribution in [0.2, 0.25) is 0 Å². The number of para-hydroxylation sites is 3. The molecule has 55 heavy (non-hydrogen) atoms. The van der Waals surface area contributed by atoms with Crippen LogP contribution in [0.15, 0.2) is 146 Å². The number of anilines is 3. The van der Waals surface area contributed by atoms with E-state index in [1.165, 1.54) is 0 Å². The summed E-state index contributed by atoms with van der Waals surface area (Å²) in [5.41, 5.74) is 10.7. The van der Waals surface area contributed by atoms with E-state index < -0.39 is 0 Å². The molecule has 0 unspecified atom stereocenters. The molecule has 0 fully saturated rings. The Morgan fingerprint density at radius 2 is 1.33 bits per heavy atom. The summed E-state index contributed by atoms with van der Waals surface area (Å²) in [6.07, 6.45) is 1.81. The predicted octanol–water partition coefficient (Wildman–Crippen LogP) is 11.6. The Labute approximate surface area is 334 Å². The zero-order valence-electron chi connectivity index (χ0n) is 30.3. The number of benzene rings is 6. The molecular weight excluding hydrogens is 858 g/mol. The molecule has 0 radical (unpaired) electrons. The van der Waals surface area contributed by atoms with Gasteiger partial charge >= 0.3 is 21.1 Å². The van der Waals surface area contributed by atoms with E-state index >= 15 is 0 Å². The zero-order chi connectivity index (χ0) is 36.8. The number of aryl methyl sites for hydroxylation is 3. The first-order valence-electron chi connectivity index (χ1n) is 17.8. The number of fused-ring (bicyclic) bond motifs is 3. The summed E-state index contributed by atoms with van der Waals surface area (Å²) in [5, 5.41) is 11.8. The van der Waals surface area contributed by atoms with Gasteiger partial charge in [0.05, 0.1) is 12.4 Å². The molecule has 7 nitrogen and oxygen atoms in total. The predicted molar refractivity (Wildman–Crippen MR) is 217 cm³/mol. The molecule has 9 rings (SSSR count). The van der Waals surface area contributed by atoms with Gasteiger partial charge in [-0.25, -0.2) is 4.98 Å². The normalized spacial score (nSPS) is 11.0. The number of aromatic nitrogens is 5. The minimum Gasteiger partial charge on any atom is -0.354 e. The van der Waals surface area contributed by atoms with Crippen molar-refractivity contribution in [1.29, 1.82) is 0 Å². The van der Waals surface area contributed by atoms with Crippen molar-refractivity contribution >= 4 is 44.6 Å². The Kier molecular flexibility index (Phi) is 9.44. The Balaban J connectivity index is 0.00000427. The van der Waals surface area contributed by atoms with Crippen molar-refractivity contribution in [1.82, 2.24) is 24.3 Å². The van der Waals surface area contributed by atoms with Gasteiger partial charge in [0, 0.05) is 28.7 Å². The fourth-order valence-corrected chi connectivity index (χ4v) is 7.39. The second-order valence-electron chi connectivity index (χ2n) is 13.3. The number of hydrogen-bond donors (Lipinski definition) is 0. The molecule has 0 saturated carbocycles. The second-order valence-corrected chi connectivity index (χ2v) is 13.3. The molecule has 0 amide bonds. The average Bonchev–Trinajstić information content (AvgIpc) is 3.78. The summed E-state index contributed by atoms with van der Waals surface area (Å²) in [6.45, 7) is 14.5.